The van der Waals surface area contributed by atoms with E-state index in [2.05, 4.69) is 5.32 Å². The molecule has 7 nitrogen and oxygen atoms in total. The number of aliphatic hydroxyl groups is 1. The summed E-state index contributed by atoms with van der Waals surface area (Å²) >= 11 is 0. The number of nitrogens with zero attached hydrogens (tertiary/aromatic N) is 2. The summed E-state index contributed by atoms with van der Waals surface area (Å²) < 4.78 is 1.64. The average molecular weight is 395 g/mol. The first-order chi connectivity index (χ1) is 14.1. The van der Waals surface area contributed by atoms with Gasteiger partial charge in [0, 0.05) is 43.8 Å². The molecule has 0 spiro atoms. The number of rotatable bonds is 5. The van der Waals surface area contributed by atoms with E-state index in [1.165, 1.54) is 6.07 Å². The zero-order valence-corrected chi connectivity index (χ0v) is 16.3. The number of hydrogen-bond donors (Lipinski definition) is 2. The number of nitrogens with one attached hydrogen (secondary N) is 1. The van der Waals surface area contributed by atoms with Crippen LogP contribution >= 0.6 is 0 Å². The monoisotopic (exact) mass is 395 g/mol. The van der Waals surface area contributed by atoms with Crippen LogP contribution in [0.4, 0.5) is 0 Å². The van der Waals surface area contributed by atoms with Gasteiger partial charge in [-0.1, -0.05) is 43.3 Å². The summed E-state index contributed by atoms with van der Waals surface area (Å²) in [5, 5.41) is 13.1. The van der Waals surface area contributed by atoms with Crippen LogP contribution in [0.1, 0.15) is 30.6 Å². The highest BCUT2D eigenvalue weighted by Gasteiger charge is 2.56. The van der Waals surface area contributed by atoms with E-state index in [4.69, 9.17) is 0 Å². The highest BCUT2D eigenvalue weighted by Crippen LogP contribution is 2.48. The van der Waals surface area contributed by atoms with E-state index in [9.17, 15) is 19.5 Å². The first-order valence-corrected chi connectivity index (χ1v) is 10.00. The molecule has 29 heavy (non-hydrogen) atoms. The van der Waals surface area contributed by atoms with Crippen LogP contribution in [-0.4, -0.2) is 39.0 Å². The van der Waals surface area contributed by atoms with Crippen LogP contribution in [0.5, 0.6) is 0 Å². The van der Waals surface area contributed by atoms with Crippen LogP contribution < -0.4 is 10.9 Å². The summed E-state index contributed by atoms with van der Waals surface area (Å²) in [4.78, 5) is 40.1. The maximum Gasteiger partial charge on any atom is 0.250 e. The number of carbonyl (C=O) groups is 2. The van der Waals surface area contributed by atoms with Crippen LogP contribution in [-0.2, 0) is 22.7 Å². The third-order valence-electron chi connectivity index (χ3n) is 6.12. The van der Waals surface area contributed by atoms with E-state index in [0.29, 0.717) is 25.2 Å². The molecule has 0 saturated carbocycles. The molecule has 0 unspecified atom stereocenters. The standard InChI is InChI=1S/C22H25N3O4/c1-2-18(27)25-17-12-24-16(9-6-10-19(24)28)21(25)20(15(17)13-26)22(29)23-11-14-7-4-3-5-8-14/h3-10,15,17,20-21,26H,2,11-13H2,1H3,(H,23,29)/t15-,17-,20+,21+/m0/s1. The van der Waals surface area contributed by atoms with E-state index in [1.54, 1.807) is 28.5 Å². The van der Waals surface area contributed by atoms with Crippen LogP contribution in [0, 0.1) is 11.8 Å². The van der Waals surface area contributed by atoms with Crippen molar-refractivity contribution in [2.75, 3.05) is 6.61 Å². The second kappa shape index (κ2) is 7.83. The molecule has 1 aromatic carbocycles. The molecule has 2 bridgehead atoms. The Hall–Kier alpha value is -2.93. The van der Waals surface area contributed by atoms with Crippen molar-refractivity contribution in [3.8, 4) is 0 Å². The van der Waals surface area contributed by atoms with Gasteiger partial charge in [0.1, 0.15) is 0 Å². The number of amides is 2. The van der Waals surface area contributed by atoms with Crippen molar-refractivity contribution in [2.24, 2.45) is 11.8 Å². The Balaban J connectivity index is 1.71. The summed E-state index contributed by atoms with van der Waals surface area (Å²) in [6.45, 7) is 2.23. The Bertz CT molecular complexity index is 972. The van der Waals surface area contributed by atoms with Crippen molar-refractivity contribution in [1.82, 2.24) is 14.8 Å². The van der Waals surface area contributed by atoms with E-state index < -0.39 is 17.9 Å². The molecule has 4 rings (SSSR count). The molecular weight excluding hydrogens is 370 g/mol. The topological polar surface area (TPSA) is 91.6 Å². The maximum absolute atomic E-state index is 13.2. The zero-order valence-electron chi connectivity index (χ0n) is 16.3. The van der Waals surface area contributed by atoms with Gasteiger partial charge in [0.2, 0.25) is 11.8 Å². The minimum absolute atomic E-state index is 0.0700. The molecular formula is C22H25N3O4. The second-order valence-electron chi connectivity index (χ2n) is 7.64. The fourth-order valence-corrected chi connectivity index (χ4v) is 4.78. The number of fused-ring (bicyclic) bond motifs is 4. The lowest BCUT2D eigenvalue weighted by Gasteiger charge is -2.38. The largest absolute Gasteiger partial charge is 0.396 e. The highest BCUT2D eigenvalue weighted by atomic mass is 16.3. The number of hydrogen-bond acceptors (Lipinski definition) is 4. The molecule has 2 aliphatic heterocycles. The minimum Gasteiger partial charge on any atom is -0.396 e. The van der Waals surface area contributed by atoms with Crippen LogP contribution in [0.15, 0.2) is 53.3 Å². The number of benzene rings is 1. The first kappa shape index (κ1) is 19.4. The SMILES string of the molecule is CCC(=O)N1[C@@H]2c3cccc(=O)n3C[C@H]1[C@H](CO)[C@H]2C(=O)NCc1ccccc1. The molecule has 2 N–H and O–H groups in total. The Labute approximate surface area is 169 Å². The van der Waals surface area contributed by atoms with Gasteiger partial charge in [-0.2, -0.15) is 0 Å². The van der Waals surface area contributed by atoms with E-state index in [-0.39, 0.29) is 30.0 Å². The Morgan fingerprint density at radius 2 is 1.90 bits per heavy atom. The molecule has 2 aliphatic rings. The molecule has 1 fully saturated rings. The predicted molar refractivity (Wildman–Crippen MR) is 107 cm³/mol. The summed E-state index contributed by atoms with van der Waals surface area (Å²) in [6, 6.07) is 13.6. The van der Waals surface area contributed by atoms with Gasteiger partial charge in [0.05, 0.1) is 18.0 Å². The minimum atomic E-state index is -0.611. The number of aromatic nitrogens is 1. The normalized spacial score (nSPS) is 24.8. The first-order valence-electron chi connectivity index (χ1n) is 10.00. The summed E-state index contributed by atoms with van der Waals surface area (Å²) in [5.74, 6) is -1.32. The maximum atomic E-state index is 13.2. The van der Waals surface area contributed by atoms with Crippen molar-refractivity contribution in [1.29, 1.82) is 0 Å². The summed E-state index contributed by atoms with van der Waals surface area (Å²) in [6.07, 6.45) is 0.306. The fraction of sp³-hybridized carbons (Fsp3) is 0.409. The Morgan fingerprint density at radius 1 is 1.14 bits per heavy atom. The third kappa shape index (κ3) is 3.25. The lowest BCUT2D eigenvalue weighted by molar-refractivity contribution is -0.136. The second-order valence-corrected chi connectivity index (χ2v) is 7.64. The molecule has 3 heterocycles. The van der Waals surface area contributed by atoms with Crippen LogP contribution in [0.3, 0.4) is 0 Å². The number of aliphatic hydroxyl groups excluding tert-OH is 1. The van der Waals surface area contributed by atoms with Gasteiger partial charge in [0.25, 0.3) is 5.56 Å². The van der Waals surface area contributed by atoms with Crippen LogP contribution in [0.25, 0.3) is 0 Å². The summed E-state index contributed by atoms with van der Waals surface area (Å²) in [7, 11) is 0. The van der Waals surface area contributed by atoms with Gasteiger partial charge in [0.15, 0.2) is 0 Å². The molecule has 0 aliphatic carbocycles. The number of carbonyl (C=O) groups excluding carboxylic acids is 2. The molecule has 1 saturated heterocycles. The molecule has 0 radical (unpaired) electrons. The molecule has 2 aromatic rings. The Morgan fingerprint density at radius 3 is 2.59 bits per heavy atom. The number of pyridine rings is 1. The lowest BCUT2D eigenvalue weighted by atomic mass is 9.86. The zero-order chi connectivity index (χ0) is 20.5. The smallest absolute Gasteiger partial charge is 0.250 e. The highest BCUT2D eigenvalue weighted by molar-refractivity contribution is 5.84. The Kier molecular flexibility index (Phi) is 5.24. The van der Waals surface area contributed by atoms with Gasteiger partial charge >= 0.3 is 0 Å². The van der Waals surface area contributed by atoms with Crippen molar-refractivity contribution in [3.63, 3.8) is 0 Å². The van der Waals surface area contributed by atoms with Crippen molar-refractivity contribution < 1.29 is 14.7 Å². The molecule has 152 valence electrons. The fourth-order valence-electron chi connectivity index (χ4n) is 4.78. The van der Waals surface area contributed by atoms with Gasteiger partial charge in [-0.15, -0.1) is 0 Å². The van der Waals surface area contributed by atoms with E-state index in [1.807, 2.05) is 30.3 Å². The van der Waals surface area contributed by atoms with Crippen molar-refractivity contribution in [2.45, 2.75) is 38.5 Å². The lowest BCUT2D eigenvalue weighted by Crippen LogP contribution is -2.48. The molecule has 1 aromatic heterocycles. The summed E-state index contributed by atoms with van der Waals surface area (Å²) in [5.41, 5.74) is 1.48. The van der Waals surface area contributed by atoms with Gasteiger partial charge in [-0.3, -0.25) is 14.4 Å². The van der Waals surface area contributed by atoms with Crippen molar-refractivity contribution >= 4 is 11.8 Å². The van der Waals surface area contributed by atoms with Gasteiger partial charge < -0.3 is 19.9 Å². The van der Waals surface area contributed by atoms with Gasteiger partial charge in [-0.05, 0) is 11.6 Å². The van der Waals surface area contributed by atoms with E-state index >= 15 is 0 Å². The molecule has 7 heteroatoms. The van der Waals surface area contributed by atoms with Crippen molar-refractivity contribution in [3.05, 3.63) is 70.1 Å². The van der Waals surface area contributed by atoms with Crippen LogP contribution in [0.2, 0.25) is 0 Å². The van der Waals surface area contributed by atoms with Gasteiger partial charge in [-0.25, -0.2) is 0 Å². The molecule has 2 amide bonds. The molecule has 4 atom stereocenters. The average Bonchev–Trinajstić information content (AvgIpc) is 2.99. The van der Waals surface area contributed by atoms with E-state index in [0.717, 1.165) is 5.56 Å². The predicted octanol–water partition coefficient (Wildman–Crippen LogP) is 1.06. The quantitative estimate of drug-likeness (QED) is 0.792. The third-order valence-corrected chi connectivity index (χ3v) is 6.12.